The number of hydrogen-bond donors (Lipinski definition) is 5. The molecular formula is C24H24FN7O3. The molecular weight excluding hydrogens is 453 g/mol. The average Bonchev–Trinajstić information content (AvgIpc) is 3.35. The van der Waals surface area contributed by atoms with Gasteiger partial charge in [-0.05, 0) is 43.3 Å². The van der Waals surface area contributed by atoms with Crippen LogP contribution in [0.4, 0.5) is 21.7 Å². The molecule has 0 radical (unpaired) electrons. The number of aliphatic hydroxyl groups excluding tert-OH is 1. The molecule has 0 amide bonds. The highest BCUT2D eigenvalue weighted by atomic mass is 19.1. The predicted octanol–water partition coefficient (Wildman–Crippen LogP) is 2.67. The fraction of sp³-hybridized carbons (Fsp3) is 0.250. The highest BCUT2D eigenvalue weighted by molar-refractivity contribution is 5.82. The summed E-state index contributed by atoms with van der Waals surface area (Å²) in [6.07, 6.45) is 3.97. The number of aromatic nitrogens is 4. The van der Waals surface area contributed by atoms with Crippen LogP contribution in [0.5, 0.6) is 0 Å². The molecule has 2 atom stereocenters. The number of aliphatic hydroxyl groups is 1. The molecule has 0 spiro atoms. The van der Waals surface area contributed by atoms with Gasteiger partial charge in [0.05, 0.1) is 35.1 Å². The van der Waals surface area contributed by atoms with Gasteiger partial charge in [0.1, 0.15) is 17.5 Å². The van der Waals surface area contributed by atoms with Gasteiger partial charge in [-0.2, -0.15) is 5.10 Å². The molecule has 5 N–H and O–H groups in total. The summed E-state index contributed by atoms with van der Waals surface area (Å²) in [7, 11) is 0. The standard InChI is InChI=1S/C24H24FN7O3/c25-18-9-16(32-8-6-15(13-33)31-32)2-3-20(18)29-23-10-21-14(11-27-23)1-4-22(30-21)28-19-5-7-26-12-17(19)24(34)35/h1-4,6,8-11,17,19,26,33H,5,7,12-13H2,(H,27,29)(H,28,30)(H,34,35)/t17-,19+/m1/s1. The lowest BCUT2D eigenvalue weighted by Crippen LogP contribution is -2.47. The Bertz CT molecular complexity index is 1380. The van der Waals surface area contributed by atoms with Crippen LogP contribution >= 0.6 is 0 Å². The van der Waals surface area contributed by atoms with Crippen LogP contribution in [0.2, 0.25) is 0 Å². The van der Waals surface area contributed by atoms with Crippen molar-refractivity contribution in [1.29, 1.82) is 0 Å². The molecule has 1 aliphatic heterocycles. The van der Waals surface area contributed by atoms with Crippen LogP contribution in [0.3, 0.4) is 0 Å². The van der Waals surface area contributed by atoms with Crippen LogP contribution in [-0.2, 0) is 11.4 Å². The molecule has 0 bridgehead atoms. The minimum absolute atomic E-state index is 0.188. The highest BCUT2D eigenvalue weighted by Crippen LogP contribution is 2.25. The molecule has 0 saturated carbocycles. The summed E-state index contributed by atoms with van der Waals surface area (Å²) < 4.78 is 16.3. The van der Waals surface area contributed by atoms with Crippen molar-refractivity contribution in [2.75, 3.05) is 23.7 Å². The largest absolute Gasteiger partial charge is 0.481 e. The molecule has 4 aromatic rings. The van der Waals surface area contributed by atoms with Crippen molar-refractivity contribution in [3.05, 3.63) is 66.4 Å². The first-order chi connectivity index (χ1) is 17.0. The van der Waals surface area contributed by atoms with Crippen molar-refractivity contribution in [2.24, 2.45) is 5.92 Å². The summed E-state index contributed by atoms with van der Waals surface area (Å²) in [5.41, 5.74) is 1.89. The SMILES string of the molecule is O=C(O)[C@@H]1CNCC[C@@H]1Nc1ccc2cnc(Nc3ccc(-n4ccc(CO)n4)cc3F)cc2n1. The van der Waals surface area contributed by atoms with Crippen LogP contribution in [0, 0.1) is 11.7 Å². The van der Waals surface area contributed by atoms with Gasteiger partial charge in [0, 0.05) is 42.5 Å². The summed E-state index contributed by atoms with van der Waals surface area (Å²) >= 11 is 0. The number of pyridine rings is 2. The third-order valence-corrected chi connectivity index (χ3v) is 5.99. The fourth-order valence-corrected chi connectivity index (χ4v) is 4.12. The zero-order valence-corrected chi connectivity index (χ0v) is 18.6. The van der Waals surface area contributed by atoms with Crippen molar-refractivity contribution in [2.45, 2.75) is 19.1 Å². The van der Waals surface area contributed by atoms with E-state index in [0.717, 1.165) is 11.9 Å². The summed E-state index contributed by atoms with van der Waals surface area (Å²) in [6.45, 7) is 0.957. The van der Waals surface area contributed by atoms with Gasteiger partial charge in [-0.15, -0.1) is 0 Å². The van der Waals surface area contributed by atoms with Gasteiger partial charge in [-0.1, -0.05) is 0 Å². The second-order valence-corrected chi connectivity index (χ2v) is 8.35. The maximum Gasteiger partial charge on any atom is 0.309 e. The number of fused-ring (bicyclic) bond motifs is 1. The molecule has 11 heteroatoms. The quantitative estimate of drug-likeness (QED) is 0.272. The van der Waals surface area contributed by atoms with E-state index in [1.54, 1.807) is 42.7 Å². The zero-order valence-electron chi connectivity index (χ0n) is 18.6. The van der Waals surface area contributed by atoms with Gasteiger partial charge in [0.15, 0.2) is 0 Å². The minimum atomic E-state index is -0.847. The highest BCUT2D eigenvalue weighted by Gasteiger charge is 2.30. The van der Waals surface area contributed by atoms with E-state index in [4.69, 9.17) is 5.11 Å². The van der Waals surface area contributed by atoms with Gasteiger partial charge in [0.25, 0.3) is 0 Å². The van der Waals surface area contributed by atoms with Crippen LogP contribution in [0.15, 0.2) is 54.9 Å². The Hall–Kier alpha value is -4.09. The number of halogens is 1. The van der Waals surface area contributed by atoms with Crippen LogP contribution in [0.1, 0.15) is 12.1 Å². The van der Waals surface area contributed by atoms with Crippen LogP contribution in [-0.4, -0.2) is 55.1 Å². The van der Waals surface area contributed by atoms with E-state index in [2.05, 4.69) is 31.0 Å². The fourth-order valence-electron chi connectivity index (χ4n) is 4.12. The number of carbonyl (C=O) groups is 1. The normalized spacial score (nSPS) is 17.9. The molecule has 0 unspecified atom stereocenters. The Balaban J connectivity index is 1.35. The van der Waals surface area contributed by atoms with E-state index in [1.807, 2.05) is 6.07 Å². The van der Waals surface area contributed by atoms with E-state index in [1.165, 1.54) is 10.7 Å². The molecule has 3 aromatic heterocycles. The summed E-state index contributed by atoms with van der Waals surface area (Å²) in [6, 6.07) is 11.4. The Morgan fingerprint density at radius 2 is 2.09 bits per heavy atom. The second kappa shape index (κ2) is 9.65. The topological polar surface area (TPSA) is 137 Å². The van der Waals surface area contributed by atoms with Crippen molar-refractivity contribution < 1.29 is 19.4 Å². The lowest BCUT2D eigenvalue weighted by atomic mass is 9.93. The van der Waals surface area contributed by atoms with Crippen molar-refractivity contribution in [1.82, 2.24) is 25.1 Å². The summed E-state index contributed by atoms with van der Waals surface area (Å²) in [5.74, 6) is -0.885. The third kappa shape index (κ3) is 4.91. The smallest absolute Gasteiger partial charge is 0.309 e. The molecule has 10 nitrogen and oxygen atoms in total. The number of benzene rings is 1. The Kier molecular flexibility index (Phi) is 6.25. The average molecular weight is 478 g/mol. The summed E-state index contributed by atoms with van der Waals surface area (Å²) in [4.78, 5) is 20.5. The maximum absolute atomic E-state index is 14.8. The number of anilines is 3. The van der Waals surface area contributed by atoms with Crippen molar-refractivity contribution in [3.8, 4) is 5.69 Å². The number of carboxylic acids is 1. The number of carboxylic acid groups (broad SMARTS) is 1. The van der Waals surface area contributed by atoms with E-state index in [9.17, 15) is 14.3 Å². The van der Waals surface area contributed by atoms with E-state index in [0.29, 0.717) is 41.5 Å². The first-order valence-electron chi connectivity index (χ1n) is 11.2. The number of piperidine rings is 1. The van der Waals surface area contributed by atoms with Gasteiger partial charge in [0.2, 0.25) is 0 Å². The minimum Gasteiger partial charge on any atom is -0.481 e. The first-order valence-corrected chi connectivity index (χ1v) is 11.2. The molecule has 1 aromatic carbocycles. The summed E-state index contributed by atoms with van der Waals surface area (Å²) in [5, 5.41) is 33.0. The van der Waals surface area contributed by atoms with Gasteiger partial charge in [-0.25, -0.2) is 19.0 Å². The first kappa shape index (κ1) is 22.7. The van der Waals surface area contributed by atoms with E-state index < -0.39 is 17.7 Å². The number of hydrogen-bond acceptors (Lipinski definition) is 8. The molecule has 0 aliphatic carbocycles. The molecule has 1 fully saturated rings. The lowest BCUT2D eigenvalue weighted by molar-refractivity contribution is -0.142. The number of rotatable bonds is 7. The van der Waals surface area contributed by atoms with E-state index >= 15 is 0 Å². The van der Waals surface area contributed by atoms with Crippen molar-refractivity contribution in [3.63, 3.8) is 0 Å². The van der Waals surface area contributed by atoms with Gasteiger partial charge >= 0.3 is 5.97 Å². The number of aliphatic carboxylic acids is 1. The van der Waals surface area contributed by atoms with Gasteiger partial charge < -0.3 is 26.2 Å². The van der Waals surface area contributed by atoms with E-state index in [-0.39, 0.29) is 18.3 Å². The molecule has 5 rings (SSSR count). The number of nitrogens with one attached hydrogen (secondary N) is 3. The molecule has 1 aliphatic rings. The zero-order chi connectivity index (χ0) is 24.4. The van der Waals surface area contributed by atoms with Crippen LogP contribution < -0.4 is 16.0 Å². The van der Waals surface area contributed by atoms with Crippen LogP contribution in [0.25, 0.3) is 16.6 Å². The molecule has 180 valence electrons. The monoisotopic (exact) mass is 477 g/mol. The third-order valence-electron chi connectivity index (χ3n) is 5.99. The molecule has 1 saturated heterocycles. The molecule has 4 heterocycles. The maximum atomic E-state index is 14.8. The Morgan fingerprint density at radius 1 is 1.20 bits per heavy atom. The number of nitrogens with zero attached hydrogens (tertiary/aromatic N) is 4. The Morgan fingerprint density at radius 3 is 2.86 bits per heavy atom. The van der Waals surface area contributed by atoms with Crippen molar-refractivity contribution >= 4 is 34.2 Å². The Labute approximate surface area is 199 Å². The van der Waals surface area contributed by atoms with Gasteiger partial charge in [-0.3, -0.25) is 4.79 Å². The second-order valence-electron chi connectivity index (χ2n) is 8.35. The predicted molar refractivity (Wildman–Crippen MR) is 128 cm³/mol. The lowest BCUT2D eigenvalue weighted by Gasteiger charge is -2.30. The molecule has 35 heavy (non-hydrogen) atoms.